The number of sulfonamides is 1. The van der Waals surface area contributed by atoms with Crippen LogP contribution in [0.2, 0.25) is 0 Å². The van der Waals surface area contributed by atoms with E-state index in [2.05, 4.69) is 15.0 Å². The Kier molecular flexibility index (Phi) is 6.49. The summed E-state index contributed by atoms with van der Waals surface area (Å²) in [6.45, 7) is 6.19. The van der Waals surface area contributed by atoms with Crippen molar-refractivity contribution in [1.29, 1.82) is 0 Å². The maximum absolute atomic E-state index is 12.9. The number of fused-ring (bicyclic) bond motifs is 1. The maximum Gasteiger partial charge on any atom is 0.241 e. The molecule has 1 atom stereocenters. The molecule has 0 aliphatic rings. The average Bonchev–Trinajstić information content (AvgIpc) is 3.25. The molecule has 0 saturated carbocycles. The van der Waals surface area contributed by atoms with Crippen molar-refractivity contribution in [1.82, 2.24) is 15.0 Å². The Labute approximate surface area is 173 Å². The molecule has 1 aromatic carbocycles. The van der Waals surface area contributed by atoms with Gasteiger partial charge in [0.05, 0.1) is 26.7 Å². The van der Waals surface area contributed by atoms with Crippen molar-refractivity contribution in [3.05, 3.63) is 45.6 Å². The highest BCUT2D eigenvalue weighted by Gasteiger charge is 2.26. The molecule has 9 heteroatoms. The number of rotatable bonds is 8. The van der Waals surface area contributed by atoms with E-state index in [0.29, 0.717) is 13.0 Å². The molecule has 2 N–H and O–H groups in total. The molecule has 0 spiro atoms. The van der Waals surface area contributed by atoms with Crippen LogP contribution in [0.3, 0.4) is 0 Å². The zero-order chi connectivity index (χ0) is 20.3. The monoisotopic (exact) mass is 437 g/mol. The van der Waals surface area contributed by atoms with Gasteiger partial charge in [0.25, 0.3) is 0 Å². The highest BCUT2D eigenvalue weighted by atomic mass is 32.2. The van der Waals surface area contributed by atoms with Gasteiger partial charge >= 0.3 is 0 Å². The Morgan fingerprint density at radius 1 is 1.25 bits per heavy atom. The van der Waals surface area contributed by atoms with E-state index in [4.69, 9.17) is 0 Å². The number of aromatic nitrogens is 1. The molecular weight excluding hydrogens is 414 g/mol. The highest BCUT2D eigenvalue weighted by Crippen LogP contribution is 2.25. The van der Waals surface area contributed by atoms with E-state index < -0.39 is 16.1 Å². The number of carbonyl (C=O) groups excluding carboxylic acids is 1. The van der Waals surface area contributed by atoms with Crippen LogP contribution in [0, 0.1) is 12.8 Å². The molecule has 150 valence electrons. The molecular formula is C19H23N3O3S3. The van der Waals surface area contributed by atoms with Crippen LogP contribution in [0.25, 0.3) is 10.2 Å². The summed E-state index contributed by atoms with van der Waals surface area (Å²) in [4.78, 5) is 18.2. The Morgan fingerprint density at radius 3 is 2.71 bits per heavy atom. The van der Waals surface area contributed by atoms with Crippen LogP contribution in [0.4, 0.5) is 0 Å². The Hall–Kier alpha value is -1.81. The first kappa shape index (κ1) is 20.9. The molecule has 0 fully saturated rings. The third-order valence-electron chi connectivity index (χ3n) is 4.12. The predicted octanol–water partition coefficient (Wildman–Crippen LogP) is 3.68. The molecule has 1 amide bonds. The van der Waals surface area contributed by atoms with Gasteiger partial charge < -0.3 is 5.32 Å². The van der Waals surface area contributed by atoms with Crippen molar-refractivity contribution in [2.45, 2.75) is 44.7 Å². The second kappa shape index (κ2) is 8.69. The Bertz CT molecular complexity index is 1060. The molecule has 0 saturated heterocycles. The lowest BCUT2D eigenvalue weighted by molar-refractivity contribution is -0.123. The van der Waals surface area contributed by atoms with Gasteiger partial charge in [-0.1, -0.05) is 19.9 Å². The molecule has 0 aliphatic carbocycles. The molecule has 0 aliphatic heterocycles. The van der Waals surface area contributed by atoms with Gasteiger partial charge in [-0.3, -0.25) is 4.79 Å². The lowest BCUT2D eigenvalue weighted by Crippen LogP contribution is -2.47. The fraction of sp³-hybridized carbons (Fsp3) is 0.368. The Balaban J connectivity index is 1.78. The number of carbonyl (C=O) groups is 1. The fourth-order valence-corrected chi connectivity index (χ4v) is 5.65. The minimum Gasteiger partial charge on any atom is -0.350 e. The number of thiazole rings is 1. The van der Waals surface area contributed by atoms with Crippen molar-refractivity contribution >= 4 is 48.8 Å². The van der Waals surface area contributed by atoms with Crippen molar-refractivity contribution in [2.24, 2.45) is 5.92 Å². The number of amides is 1. The van der Waals surface area contributed by atoms with Crippen LogP contribution in [0.15, 0.2) is 40.6 Å². The molecule has 28 heavy (non-hydrogen) atoms. The first-order valence-corrected chi connectivity index (χ1v) is 12.1. The quantitative estimate of drug-likeness (QED) is 0.563. The van der Waals surface area contributed by atoms with Gasteiger partial charge in [-0.05, 0) is 48.9 Å². The second-order valence-electron chi connectivity index (χ2n) is 6.96. The topological polar surface area (TPSA) is 88.2 Å². The summed E-state index contributed by atoms with van der Waals surface area (Å²) in [7, 11) is -3.83. The van der Waals surface area contributed by atoms with E-state index in [0.717, 1.165) is 20.1 Å². The van der Waals surface area contributed by atoms with Crippen molar-refractivity contribution in [2.75, 3.05) is 0 Å². The Morgan fingerprint density at radius 2 is 2.04 bits per heavy atom. The molecule has 3 aromatic rings. The van der Waals surface area contributed by atoms with E-state index in [-0.39, 0.29) is 16.7 Å². The molecule has 0 radical (unpaired) electrons. The molecule has 3 rings (SSSR count). The minimum absolute atomic E-state index is 0.142. The van der Waals surface area contributed by atoms with Crippen molar-refractivity contribution in [3.8, 4) is 0 Å². The van der Waals surface area contributed by atoms with Gasteiger partial charge in [0.15, 0.2) is 0 Å². The SMILES string of the molecule is Cc1nc2ccc(S(=O)(=O)N[C@@H](CC(C)C)C(=O)NCc3cccs3)cc2s1. The van der Waals surface area contributed by atoms with Gasteiger partial charge in [-0.25, -0.2) is 13.4 Å². The molecule has 2 aromatic heterocycles. The number of aryl methyl sites for hydroxylation is 1. The molecule has 2 heterocycles. The van der Waals surface area contributed by atoms with Gasteiger partial charge in [0.2, 0.25) is 15.9 Å². The largest absolute Gasteiger partial charge is 0.350 e. The molecule has 0 bridgehead atoms. The van der Waals surface area contributed by atoms with Gasteiger partial charge in [0.1, 0.15) is 6.04 Å². The standard InChI is InChI=1S/C19H23N3O3S3/c1-12(2)9-17(19(23)20-11-14-5-4-8-26-14)22-28(24,25)15-6-7-16-18(10-15)27-13(3)21-16/h4-8,10,12,17,22H,9,11H2,1-3H3,(H,20,23)/t17-/m0/s1. The zero-order valence-electron chi connectivity index (χ0n) is 15.9. The lowest BCUT2D eigenvalue weighted by atomic mass is 10.0. The van der Waals surface area contributed by atoms with Crippen LogP contribution in [-0.4, -0.2) is 25.4 Å². The average molecular weight is 438 g/mol. The van der Waals surface area contributed by atoms with Crippen LogP contribution in [-0.2, 0) is 21.4 Å². The normalized spacial score (nSPS) is 13.1. The lowest BCUT2D eigenvalue weighted by Gasteiger charge is -2.20. The van der Waals surface area contributed by atoms with Crippen LogP contribution >= 0.6 is 22.7 Å². The van der Waals surface area contributed by atoms with E-state index in [1.165, 1.54) is 17.4 Å². The molecule has 6 nitrogen and oxygen atoms in total. The second-order valence-corrected chi connectivity index (χ2v) is 10.9. The fourth-order valence-electron chi connectivity index (χ4n) is 2.83. The minimum atomic E-state index is -3.83. The number of nitrogens with zero attached hydrogens (tertiary/aromatic N) is 1. The van der Waals surface area contributed by atoms with Gasteiger partial charge in [-0.15, -0.1) is 22.7 Å². The van der Waals surface area contributed by atoms with E-state index >= 15 is 0 Å². The first-order valence-electron chi connectivity index (χ1n) is 8.94. The summed E-state index contributed by atoms with van der Waals surface area (Å²) in [5.41, 5.74) is 0.772. The van der Waals surface area contributed by atoms with Gasteiger partial charge in [0, 0.05) is 4.88 Å². The summed E-state index contributed by atoms with van der Waals surface area (Å²) in [5, 5.41) is 5.65. The smallest absolute Gasteiger partial charge is 0.241 e. The predicted molar refractivity (Wildman–Crippen MR) is 114 cm³/mol. The van der Waals surface area contributed by atoms with E-state index in [1.807, 2.05) is 38.3 Å². The number of benzene rings is 1. The summed E-state index contributed by atoms with van der Waals surface area (Å²) < 4.78 is 29.2. The third kappa shape index (κ3) is 5.16. The van der Waals surface area contributed by atoms with Gasteiger partial charge in [-0.2, -0.15) is 4.72 Å². The first-order chi connectivity index (χ1) is 13.2. The summed E-state index contributed by atoms with van der Waals surface area (Å²) in [5.74, 6) is -0.160. The van der Waals surface area contributed by atoms with E-state index in [9.17, 15) is 13.2 Å². The summed E-state index contributed by atoms with van der Waals surface area (Å²) in [6.07, 6.45) is 0.414. The summed E-state index contributed by atoms with van der Waals surface area (Å²) >= 11 is 2.99. The number of hydrogen-bond acceptors (Lipinski definition) is 6. The van der Waals surface area contributed by atoms with Crippen molar-refractivity contribution in [3.63, 3.8) is 0 Å². The third-order valence-corrected chi connectivity index (χ3v) is 7.39. The number of nitrogens with one attached hydrogen (secondary N) is 2. The highest BCUT2D eigenvalue weighted by molar-refractivity contribution is 7.89. The summed E-state index contributed by atoms with van der Waals surface area (Å²) in [6, 6.07) is 7.85. The number of thiophene rings is 1. The van der Waals surface area contributed by atoms with Crippen LogP contribution in [0.1, 0.15) is 30.2 Å². The zero-order valence-corrected chi connectivity index (χ0v) is 18.4. The van der Waals surface area contributed by atoms with Crippen molar-refractivity contribution < 1.29 is 13.2 Å². The van der Waals surface area contributed by atoms with Crippen LogP contribution in [0.5, 0.6) is 0 Å². The maximum atomic E-state index is 12.9. The van der Waals surface area contributed by atoms with E-state index in [1.54, 1.807) is 23.5 Å². The number of hydrogen-bond donors (Lipinski definition) is 2. The van der Waals surface area contributed by atoms with Crippen LogP contribution < -0.4 is 10.0 Å². The molecule has 0 unspecified atom stereocenters.